The Morgan fingerprint density at radius 2 is 2.33 bits per heavy atom. The molecule has 5 nitrogen and oxygen atoms in total. The van der Waals surface area contributed by atoms with Crippen LogP contribution in [0.5, 0.6) is 0 Å². The van der Waals surface area contributed by atoms with Gasteiger partial charge in [0.2, 0.25) is 0 Å². The van der Waals surface area contributed by atoms with Crippen molar-refractivity contribution < 1.29 is 4.79 Å². The van der Waals surface area contributed by atoms with E-state index < -0.39 is 0 Å². The fourth-order valence-electron chi connectivity index (χ4n) is 0.733. The molecule has 0 N–H and O–H groups in total. The number of carbonyl (C=O) groups excluding carboxylic acids is 1. The van der Waals surface area contributed by atoms with E-state index >= 15 is 0 Å². The summed E-state index contributed by atoms with van der Waals surface area (Å²) in [6.45, 7) is 0. The van der Waals surface area contributed by atoms with E-state index in [1.54, 1.807) is 0 Å². The number of carbonyl (C=O) groups is 1. The first-order valence-electron chi connectivity index (χ1n) is 3.55. The van der Waals surface area contributed by atoms with Crippen molar-refractivity contribution >= 4 is 51.5 Å². The molecule has 2 rings (SSSR count). The third kappa shape index (κ3) is 2.49. The zero-order valence-corrected chi connectivity index (χ0v) is 10.1. The molecule has 15 heavy (non-hydrogen) atoms. The molecule has 0 bridgehead atoms. The molecular weight excluding hydrogens is 279 g/mol. The summed E-state index contributed by atoms with van der Waals surface area (Å²) >= 11 is 13.4. The Morgan fingerprint density at radius 1 is 1.53 bits per heavy atom. The molecule has 0 fully saturated rings. The molecule has 0 saturated heterocycles. The Labute approximate surface area is 102 Å². The van der Waals surface area contributed by atoms with Crippen LogP contribution in [0, 0.1) is 0 Å². The summed E-state index contributed by atoms with van der Waals surface area (Å²) in [5.41, 5.74) is 0. The number of aromatic nitrogens is 4. The third-order valence-electron chi connectivity index (χ3n) is 1.31. The van der Waals surface area contributed by atoms with E-state index in [9.17, 15) is 4.79 Å². The van der Waals surface area contributed by atoms with Gasteiger partial charge in [0.1, 0.15) is 17.0 Å². The molecule has 0 aromatic carbocycles. The van der Waals surface area contributed by atoms with Gasteiger partial charge in [0.25, 0.3) is 0 Å². The summed E-state index contributed by atoms with van der Waals surface area (Å²) in [6, 6.07) is 0. The highest BCUT2D eigenvalue weighted by molar-refractivity contribution is 8.14. The normalized spacial score (nSPS) is 10.5. The highest BCUT2D eigenvalue weighted by Gasteiger charge is 2.13. The lowest BCUT2D eigenvalue weighted by molar-refractivity contribution is 0.259. The van der Waals surface area contributed by atoms with E-state index in [-0.39, 0.29) is 10.4 Å². The number of hydrogen-bond donors (Lipinski definition) is 0. The van der Waals surface area contributed by atoms with Gasteiger partial charge in [-0.05, 0) is 0 Å². The van der Waals surface area contributed by atoms with Crippen molar-refractivity contribution in [1.82, 2.24) is 19.7 Å². The minimum Gasteiger partial charge on any atom is -0.259 e. The van der Waals surface area contributed by atoms with Crippen molar-refractivity contribution in [2.45, 2.75) is 4.34 Å². The van der Waals surface area contributed by atoms with Gasteiger partial charge in [-0.15, -0.1) is 0 Å². The van der Waals surface area contributed by atoms with E-state index in [1.165, 1.54) is 12.7 Å². The van der Waals surface area contributed by atoms with E-state index in [1.807, 2.05) is 0 Å². The average Bonchev–Trinajstić information content (AvgIpc) is 2.77. The largest absolute Gasteiger partial charge is 0.314 e. The van der Waals surface area contributed by atoms with Crippen LogP contribution in [0.4, 0.5) is 4.79 Å². The Morgan fingerprint density at radius 3 is 2.87 bits per heavy atom. The molecule has 9 heteroatoms. The van der Waals surface area contributed by atoms with Crippen LogP contribution >= 0.6 is 46.3 Å². The molecular formula is C6H2Cl2N4OS2. The Hall–Kier alpha value is -0.630. The molecule has 2 aromatic heterocycles. The topological polar surface area (TPSA) is 60.7 Å². The molecule has 78 valence electrons. The Balaban J connectivity index is 2.13. The van der Waals surface area contributed by atoms with Gasteiger partial charge in [-0.1, -0.05) is 34.5 Å². The van der Waals surface area contributed by atoms with Gasteiger partial charge in [-0.2, -0.15) is 9.78 Å². The standard InChI is InChI=1S/C6H2Cl2N4OS2/c7-3-4(8)14-5(11-3)15-6(13)12-2-9-1-10-12/h1-2H. The zero-order valence-electron chi connectivity index (χ0n) is 6.92. The molecule has 0 spiro atoms. The molecule has 0 saturated carbocycles. The minimum atomic E-state index is -0.311. The molecule has 0 aliphatic rings. The van der Waals surface area contributed by atoms with Gasteiger partial charge in [0, 0.05) is 11.8 Å². The second-order valence-electron chi connectivity index (χ2n) is 2.25. The van der Waals surface area contributed by atoms with Crippen molar-refractivity contribution in [3.05, 3.63) is 22.1 Å². The van der Waals surface area contributed by atoms with E-state index in [4.69, 9.17) is 23.2 Å². The fraction of sp³-hybridized carbons (Fsp3) is 0. The van der Waals surface area contributed by atoms with Crippen LogP contribution in [0.15, 0.2) is 17.0 Å². The molecule has 2 aromatic rings. The average molecular weight is 281 g/mol. The molecule has 2 heterocycles. The van der Waals surface area contributed by atoms with Crippen LogP contribution < -0.4 is 0 Å². The lowest BCUT2D eigenvalue weighted by Gasteiger charge is -1.93. The lowest BCUT2D eigenvalue weighted by atomic mass is 11.0. The molecule has 0 amide bonds. The maximum absolute atomic E-state index is 11.5. The van der Waals surface area contributed by atoms with Gasteiger partial charge in [0.15, 0.2) is 9.49 Å². The number of halogens is 2. The van der Waals surface area contributed by atoms with Crippen LogP contribution in [0.1, 0.15) is 0 Å². The second kappa shape index (κ2) is 4.48. The van der Waals surface area contributed by atoms with Crippen LogP contribution in [0.2, 0.25) is 9.49 Å². The smallest absolute Gasteiger partial charge is 0.259 e. The summed E-state index contributed by atoms with van der Waals surface area (Å²) in [7, 11) is 0. The van der Waals surface area contributed by atoms with Crippen molar-refractivity contribution in [1.29, 1.82) is 0 Å². The predicted octanol–water partition coefficient (Wildman–Crippen LogP) is 2.80. The van der Waals surface area contributed by atoms with Crippen LogP contribution in [-0.4, -0.2) is 25.0 Å². The van der Waals surface area contributed by atoms with Gasteiger partial charge in [0.05, 0.1) is 0 Å². The maximum Gasteiger partial charge on any atom is 0.314 e. The molecule has 0 atom stereocenters. The predicted molar refractivity (Wildman–Crippen MR) is 58.8 cm³/mol. The van der Waals surface area contributed by atoms with Crippen LogP contribution in [0.3, 0.4) is 0 Å². The third-order valence-corrected chi connectivity index (χ3v) is 3.97. The van der Waals surface area contributed by atoms with Crippen LogP contribution in [-0.2, 0) is 0 Å². The van der Waals surface area contributed by atoms with Crippen LogP contribution in [0.25, 0.3) is 0 Å². The van der Waals surface area contributed by atoms with Crippen molar-refractivity contribution in [2.75, 3.05) is 0 Å². The lowest BCUT2D eigenvalue weighted by Crippen LogP contribution is -2.04. The monoisotopic (exact) mass is 280 g/mol. The van der Waals surface area contributed by atoms with E-state index in [0.717, 1.165) is 27.8 Å². The van der Waals surface area contributed by atoms with Crippen molar-refractivity contribution in [2.24, 2.45) is 0 Å². The summed E-state index contributed by atoms with van der Waals surface area (Å²) in [4.78, 5) is 19.0. The summed E-state index contributed by atoms with van der Waals surface area (Å²) in [5, 5.41) is 3.58. The van der Waals surface area contributed by atoms with Gasteiger partial charge < -0.3 is 0 Å². The maximum atomic E-state index is 11.5. The second-order valence-corrected chi connectivity index (χ2v) is 5.41. The van der Waals surface area contributed by atoms with Crippen molar-refractivity contribution in [3.8, 4) is 0 Å². The number of rotatable bonds is 1. The molecule has 0 radical (unpaired) electrons. The minimum absolute atomic E-state index is 0.204. The van der Waals surface area contributed by atoms with E-state index in [2.05, 4.69) is 15.1 Å². The molecule has 0 unspecified atom stereocenters. The van der Waals surface area contributed by atoms with E-state index in [0.29, 0.717) is 8.68 Å². The highest BCUT2D eigenvalue weighted by Crippen LogP contribution is 2.34. The molecule has 0 aliphatic heterocycles. The van der Waals surface area contributed by atoms with Gasteiger partial charge >= 0.3 is 5.24 Å². The number of thioether (sulfide) groups is 1. The highest BCUT2D eigenvalue weighted by atomic mass is 35.5. The summed E-state index contributed by atoms with van der Waals surface area (Å²) in [5.74, 6) is 0. The first-order valence-corrected chi connectivity index (χ1v) is 5.94. The first kappa shape index (κ1) is 10.9. The van der Waals surface area contributed by atoms with Gasteiger partial charge in [-0.3, -0.25) is 4.79 Å². The summed E-state index contributed by atoms with van der Waals surface area (Å²) < 4.78 is 1.95. The van der Waals surface area contributed by atoms with Crippen molar-refractivity contribution in [3.63, 3.8) is 0 Å². The van der Waals surface area contributed by atoms with Gasteiger partial charge in [-0.25, -0.2) is 9.97 Å². The SMILES string of the molecule is O=C(Sc1nc(Cl)c(Cl)s1)n1cncn1. The zero-order chi connectivity index (χ0) is 10.8. The number of hydrogen-bond acceptors (Lipinski definition) is 6. The number of thiazole rings is 1. The first-order chi connectivity index (χ1) is 7.16. The summed E-state index contributed by atoms with van der Waals surface area (Å²) in [6.07, 6.45) is 2.59. The molecule has 0 aliphatic carbocycles. The fourth-order valence-corrected chi connectivity index (χ4v) is 2.96. The quantitative estimate of drug-likeness (QED) is 0.752. The Bertz CT molecular complexity index is 464. The number of nitrogens with zero attached hydrogens (tertiary/aromatic N) is 4. The Kier molecular flexibility index (Phi) is 3.25.